The van der Waals surface area contributed by atoms with Gasteiger partial charge in [0.2, 0.25) is 5.91 Å². The van der Waals surface area contributed by atoms with Crippen molar-refractivity contribution in [2.45, 2.75) is 32.5 Å². The molecule has 0 aliphatic carbocycles. The van der Waals surface area contributed by atoms with E-state index in [-0.39, 0.29) is 24.6 Å². The Hall–Kier alpha value is -3.93. The van der Waals surface area contributed by atoms with E-state index in [2.05, 4.69) is 5.32 Å². The molecule has 1 heterocycles. The normalized spacial score (nSPS) is 11.4. The molecule has 0 atom stereocenters. The molecule has 0 aliphatic heterocycles. The third-order valence-corrected chi connectivity index (χ3v) is 5.84. The fourth-order valence-corrected chi connectivity index (χ4v) is 4.12. The SMILES string of the molecule is CCn1c(=O)c2ccccc2n(CC(=O)NC(C)(c2ccccc2)c2ccccc2)c1=O. The number of para-hydroxylation sites is 1. The van der Waals surface area contributed by atoms with E-state index in [0.29, 0.717) is 10.9 Å². The van der Waals surface area contributed by atoms with Crippen LogP contribution in [0, 0.1) is 0 Å². The number of amides is 1. The number of carbonyl (C=O) groups is 1. The number of benzene rings is 3. The topological polar surface area (TPSA) is 73.1 Å². The van der Waals surface area contributed by atoms with Crippen LogP contribution in [0.25, 0.3) is 10.9 Å². The molecule has 0 radical (unpaired) electrons. The van der Waals surface area contributed by atoms with E-state index in [9.17, 15) is 14.4 Å². The highest BCUT2D eigenvalue weighted by Crippen LogP contribution is 2.29. The lowest BCUT2D eigenvalue weighted by atomic mass is 9.84. The van der Waals surface area contributed by atoms with Crippen LogP contribution >= 0.6 is 0 Å². The van der Waals surface area contributed by atoms with Gasteiger partial charge >= 0.3 is 5.69 Å². The van der Waals surface area contributed by atoms with Gasteiger partial charge in [-0.3, -0.25) is 18.7 Å². The molecule has 32 heavy (non-hydrogen) atoms. The van der Waals surface area contributed by atoms with Gasteiger partial charge < -0.3 is 5.32 Å². The minimum Gasteiger partial charge on any atom is -0.341 e. The molecule has 4 rings (SSSR count). The van der Waals surface area contributed by atoms with Crippen molar-refractivity contribution in [3.63, 3.8) is 0 Å². The second-order valence-electron chi connectivity index (χ2n) is 7.84. The molecule has 0 aliphatic rings. The number of hydrogen-bond donors (Lipinski definition) is 1. The summed E-state index contributed by atoms with van der Waals surface area (Å²) in [6.45, 7) is 3.72. The van der Waals surface area contributed by atoms with Gasteiger partial charge in [0.05, 0.1) is 16.4 Å². The Morgan fingerprint density at radius 1 is 0.812 bits per heavy atom. The zero-order valence-electron chi connectivity index (χ0n) is 18.1. The first kappa shape index (κ1) is 21.3. The van der Waals surface area contributed by atoms with Gasteiger partial charge in [0.1, 0.15) is 6.54 Å². The van der Waals surface area contributed by atoms with Crippen LogP contribution in [0.2, 0.25) is 0 Å². The second-order valence-corrected chi connectivity index (χ2v) is 7.84. The molecule has 0 fully saturated rings. The van der Waals surface area contributed by atoms with Gasteiger partial charge in [-0.2, -0.15) is 0 Å². The molecule has 0 saturated carbocycles. The summed E-state index contributed by atoms with van der Waals surface area (Å²) in [7, 11) is 0. The number of hydrogen-bond acceptors (Lipinski definition) is 3. The Morgan fingerprint density at radius 3 is 1.91 bits per heavy atom. The average Bonchev–Trinajstić information content (AvgIpc) is 2.83. The van der Waals surface area contributed by atoms with E-state index >= 15 is 0 Å². The van der Waals surface area contributed by atoms with Gasteiger partial charge in [-0.15, -0.1) is 0 Å². The summed E-state index contributed by atoms with van der Waals surface area (Å²) >= 11 is 0. The van der Waals surface area contributed by atoms with Crippen molar-refractivity contribution in [2.75, 3.05) is 0 Å². The molecule has 0 spiro atoms. The molecule has 0 saturated heterocycles. The summed E-state index contributed by atoms with van der Waals surface area (Å²) in [6, 6.07) is 26.3. The molecule has 3 aromatic carbocycles. The van der Waals surface area contributed by atoms with E-state index in [1.165, 1.54) is 4.57 Å². The lowest BCUT2D eigenvalue weighted by Crippen LogP contribution is -2.48. The maximum atomic E-state index is 13.3. The van der Waals surface area contributed by atoms with Gasteiger partial charge in [-0.25, -0.2) is 4.79 Å². The molecule has 0 unspecified atom stereocenters. The third kappa shape index (κ3) is 3.75. The van der Waals surface area contributed by atoms with Crippen LogP contribution < -0.4 is 16.6 Å². The number of nitrogens with zero attached hydrogens (tertiary/aromatic N) is 2. The third-order valence-electron chi connectivity index (χ3n) is 5.84. The summed E-state index contributed by atoms with van der Waals surface area (Å²) in [5.41, 5.74) is 0.669. The fraction of sp³-hybridized carbons (Fsp3) is 0.192. The lowest BCUT2D eigenvalue weighted by molar-refractivity contribution is -0.123. The van der Waals surface area contributed by atoms with Gasteiger partial charge in [-0.1, -0.05) is 72.8 Å². The van der Waals surface area contributed by atoms with Crippen LogP contribution in [0.4, 0.5) is 0 Å². The first-order valence-corrected chi connectivity index (χ1v) is 10.6. The van der Waals surface area contributed by atoms with Crippen molar-refractivity contribution in [3.8, 4) is 0 Å². The number of carbonyl (C=O) groups excluding carboxylic acids is 1. The van der Waals surface area contributed by atoms with E-state index in [1.807, 2.05) is 67.6 Å². The highest BCUT2D eigenvalue weighted by atomic mass is 16.2. The van der Waals surface area contributed by atoms with E-state index in [4.69, 9.17) is 0 Å². The average molecular weight is 428 g/mol. The van der Waals surface area contributed by atoms with Gasteiger partial charge in [0.25, 0.3) is 5.56 Å². The van der Waals surface area contributed by atoms with Crippen LogP contribution in [-0.2, 0) is 23.4 Å². The second kappa shape index (κ2) is 8.67. The molecule has 1 aromatic heterocycles. The summed E-state index contributed by atoms with van der Waals surface area (Å²) in [4.78, 5) is 39.0. The van der Waals surface area contributed by atoms with Crippen LogP contribution in [0.5, 0.6) is 0 Å². The van der Waals surface area contributed by atoms with Crippen molar-refractivity contribution < 1.29 is 4.79 Å². The number of aromatic nitrogens is 2. The lowest BCUT2D eigenvalue weighted by Gasteiger charge is -2.32. The van der Waals surface area contributed by atoms with E-state index < -0.39 is 11.2 Å². The van der Waals surface area contributed by atoms with Crippen molar-refractivity contribution in [2.24, 2.45) is 0 Å². The van der Waals surface area contributed by atoms with Crippen LogP contribution in [-0.4, -0.2) is 15.0 Å². The molecule has 0 bridgehead atoms. The maximum absolute atomic E-state index is 13.3. The highest BCUT2D eigenvalue weighted by Gasteiger charge is 2.31. The number of nitrogens with one attached hydrogen (secondary N) is 1. The zero-order valence-corrected chi connectivity index (χ0v) is 18.1. The largest absolute Gasteiger partial charge is 0.341 e. The van der Waals surface area contributed by atoms with Crippen molar-refractivity contribution in [3.05, 3.63) is 117 Å². The van der Waals surface area contributed by atoms with Gasteiger partial charge in [0, 0.05) is 6.54 Å². The molecular weight excluding hydrogens is 402 g/mol. The van der Waals surface area contributed by atoms with Gasteiger partial charge in [-0.05, 0) is 37.1 Å². The summed E-state index contributed by atoms with van der Waals surface area (Å²) in [5.74, 6) is -0.325. The molecule has 6 nitrogen and oxygen atoms in total. The first-order valence-electron chi connectivity index (χ1n) is 10.6. The predicted octanol–water partition coefficient (Wildman–Crippen LogP) is 3.26. The summed E-state index contributed by atoms with van der Waals surface area (Å²) in [6.07, 6.45) is 0. The molecular formula is C26H25N3O3. The van der Waals surface area contributed by atoms with Gasteiger partial charge in [0.15, 0.2) is 0 Å². The Morgan fingerprint density at radius 2 is 1.34 bits per heavy atom. The van der Waals surface area contributed by atoms with Crippen molar-refractivity contribution in [1.82, 2.24) is 14.5 Å². The maximum Gasteiger partial charge on any atom is 0.331 e. The Labute approximate surface area is 185 Å². The Kier molecular flexibility index (Phi) is 5.77. The minimum atomic E-state index is -0.793. The quantitative estimate of drug-likeness (QED) is 0.513. The molecule has 6 heteroatoms. The summed E-state index contributed by atoms with van der Waals surface area (Å²) in [5, 5.41) is 3.55. The summed E-state index contributed by atoms with van der Waals surface area (Å²) < 4.78 is 2.52. The highest BCUT2D eigenvalue weighted by molar-refractivity contribution is 5.82. The van der Waals surface area contributed by atoms with Crippen molar-refractivity contribution >= 4 is 16.8 Å². The number of rotatable bonds is 6. The van der Waals surface area contributed by atoms with Crippen LogP contribution in [0.1, 0.15) is 25.0 Å². The minimum absolute atomic E-state index is 0.200. The predicted molar refractivity (Wildman–Crippen MR) is 126 cm³/mol. The molecule has 1 amide bonds. The molecule has 4 aromatic rings. The fourth-order valence-electron chi connectivity index (χ4n) is 4.12. The van der Waals surface area contributed by atoms with E-state index in [0.717, 1.165) is 15.7 Å². The monoisotopic (exact) mass is 427 g/mol. The van der Waals surface area contributed by atoms with Crippen molar-refractivity contribution in [1.29, 1.82) is 0 Å². The molecule has 162 valence electrons. The first-order chi connectivity index (χ1) is 15.5. The zero-order chi connectivity index (χ0) is 22.7. The van der Waals surface area contributed by atoms with Crippen LogP contribution in [0.3, 0.4) is 0 Å². The van der Waals surface area contributed by atoms with Crippen LogP contribution in [0.15, 0.2) is 94.5 Å². The Bertz CT molecular complexity index is 1330. The smallest absolute Gasteiger partial charge is 0.331 e. The molecule has 1 N–H and O–H groups in total. The van der Waals surface area contributed by atoms with E-state index in [1.54, 1.807) is 31.2 Å². The number of fused-ring (bicyclic) bond motifs is 1. The Balaban J connectivity index is 1.77. The standard InChI is InChI=1S/C26H25N3O3/c1-3-28-24(31)21-16-10-11-17-22(21)29(25(28)32)18-23(30)27-26(2,19-12-6-4-7-13-19)20-14-8-5-9-15-20/h4-17H,3,18H2,1-2H3,(H,27,30).